The average Bonchev–Trinajstić information content (AvgIpc) is 3.27. The summed E-state index contributed by atoms with van der Waals surface area (Å²) >= 11 is 6.89. The van der Waals surface area contributed by atoms with Crippen LogP contribution in [0.25, 0.3) is 0 Å². The van der Waals surface area contributed by atoms with E-state index >= 15 is 0 Å². The summed E-state index contributed by atoms with van der Waals surface area (Å²) in [7, 11) is -4.37. The molecule has 1 aliphatic heterocycles. The molecule has 0 amide bonds. The molecular weight excluding hydrogens is 482 g/mol. The maximum absolute atomic E-state index is 14.6. The first kappa shape index (κ1) is 22.8. The molecule has 1 saturated heterocycles. The molecule has 2 heterocycles. The van der Waals surface area contributed by atoms with E-state index in [-0.39, 0.29) is 29.3 Å². The zero-order chi connectivity index (χ0) is 22.7. The Morgan fingerprint density at radius 3 is 2.72 bits per heavy atom. The van der Waals surface area contributed by atoms with Crippen molar-refractivity contribution in [3.63, 3.8) is 0 Å². The molecule has 12 heteroatoms. The van der Waals surface area contributed by atoms with Crippen LogP contribution in [0.15, 0.2) is 46.8 Å². The van der Waals surface area contributed by atoms with Gasteiger partial charge in [0.15, 0.2) is 11.6 Å². The Bertz CT molecular complexity index is 1180. The molecule has 32 heavy (non-hydrogen) atoms. The molecule has 3 aromatic rings. The minimum absolute atomic E-state index is 0.00913. The molecule has 7 nitrogen and oxygen atoms in total. The van der Waals surface area contributed by atoms with Crippen molar-refractivity contribution in [2.75, 3.05) is 24.4 Å². The van der Waals surface area contributed by atoms with Gasteiger partial charge < -0.3 is 10.1 Å². The molecule has 2 aromatic carbocycles. The number of halogens is 3. The van der Waals surface area contributed by atoms with Crippen LogP contribution >= 0.6 is 22.9 Å². The Kier molecular flexibility index (Phi) is 6.89. The Morgan fingerprint density at radius 2 is 2.00 bits per heavy atom. The minimum atomic E-state index is -4.37. The van der Waals surface area contributed by atoms with Crippen molar-refractivity contribution in [3.8, 4) is 5.75 Å². The Balaban J connectivity index is 1.49. The molecule has 0 saturated carbocycles. The van der Waals surface area contributed by atoms with Crippen LogP contribution in [-0.4, -0.2) is 38.3 Å². The highest BCUT2D eigenvalue weighted by Gasteiger charge is 2.28. The quantitative estimate of drug-likeness (QED) is 0.508. The highest BCUT2D eigenvalue weighted by molar-refractivity contribution is 7.93. The van der Waals surface area contributed by atoms with Crippen molar-refractivity contribution in [1.82, 2.24) is 15.5 Å². The van der Waals surface area contributed by atoms with Crippen molar-refractivity contribution in [2.45, 2.75) is 17.2 Å². The second kappa shape index (κ2) is 9.65. The third-order valence-corrected chi connectivity index (χ3v) is 7.56. The molecule has 0 bridgehead atoms. The number of anilines is 1. The number of piperidine rings is 1. The molecule has 0 aliphatic carbocycles. The van der Waals surface area contributed by atoms with Crippen LogP contribution in [0.5, 0.6) is 5.75 Å². The van der Waals surface area contributed by atoms with Crippen LogP contribution in [-0.2, 0) is 10.0 Å². The van der Waals surface area contributed by atoms with Gasteiger partial charge in [-0.1, -0.05) is 35.1 Å². The third kappa shape index (κ3) is 5.17. The Hall–Kier alpha value is -2.34. The number of sulfonamides is 1. The van der Waals surface area contributed by atoms with Crippen molar-refractivity contribution >= 4 is 38.1 Å². The van der Waals surface area contributed by atoms with Gasteiger partial charge in [0.1, 0.15) is 16.2 Å². The number of aromatic nitrogens is 2. The molecular formula is C20H19ClF2N4O3S2. The second-order valence-corrected chi connectivity index (χ2v) is 10.2. The van der Waals surface area contributed by atoms with Gasteiger partial charge in [-0.3, -0.25) is 4.72 Å². The smallest absolute Gasteiger partial charge is 0.266 e. The number of nitrogens with one attached hydrogen (secondary N) is 2. The van der Waals surface area contributed by atoms with Gasteiger partial charge in [-0.15, -0.1) is 10.2 Å². The first-order valence-electron chi connectivity index (χ1n) is 9.70. The van der Waals surface area contributed by atoms with E-state index in [0.717, 1.165) is 35.9 Å². The lowest BCUT2D eigenvalue weighted by Crippen LogP contribution is -2.38. The maximum atomic E-state index is 14.6. The maximum Gasteiger partial charge on any atom is 0.266 e. The van der Waals surface area contributed by atoms with Gasteiger partial charge in [-0.05, 0) is 36.6 Å². The van der Waals surface area contributed by atoms with Crippen LogP contribution in [0.3, 0.4) is 0 Å². The molecule has 0 unspecified atom stereocenters. The van der Waals surface area contributed by atoms with E-state index in [1.54, 1.807) is 0 Å². The SMILES string of the molecule is O=S(=O)(Nc1nncs1)c1cc(F)c(OC[C@@H]2CNCC[C@H]2c2ccc(Cl)cc2)cc1F. The molecule has 1 aliphatic rings. The fourth-order valence-electron chi connectivity index (χ4n) is 3.66. The van der Waals surface area contributed by atoms with Gasteiger partial charge in [0, 0.05) is 29.6 Å². The summed E-state index contributed by atoms with van der Waals surface area (Å²) in [5.74, 6) is -2.28. The minimum Gasteiger partial charge on any atom is -0.490 e. The van der Waals surface area contributed by atoms with E-state index < -0.39 is 26.6 Å². The van der Waals surface area contributed by atoms with E-state index in [2.05, 4.69) is 20.2 Å². The molecule has 0 spiro atoms. The van der Waals surface area contributed by atoms with E-state index in [1.807, 2.05) is 24.3 Å². The van der Waals surface area contributed by atoms with Crippen LogP contribution in [0.4, 0.5) is 13.9 Å². The van der Waals surface area contributed by atoms with Gasteiger partial charge in [0.05, 0.1) is 6.61 Å². The second-order valence-electron chi connectivity index (χ2n) is 7.28. The van der Waals surface area contributed by atoms with Crippen molar-refractivity contribution < 1.29 is 21.9 Å². The number of nitrogens with zero attached hydrogens (tertiary/aromatic N) is 2. The van der Waals surface area contributed by atoms with Gasteiger partial charge >= 0.3 is 0 Å². The summed E-state index contributed by atoms with van der Waals surface area (Å²) in [6.07, 6.45) is 0.862. The molecule has 2 N–H and O–H groups in total. The molecule has 1 aromatic heterocycles. The summed E-state index contributed by atoms with van der Waals surface area (Å²) in [5.41, 5.74) is 2.41. The average molecular weight is 501 g/mol. The van der Waals surface area contributed by atoms with Crippen molar-refractivity contribution in [1.29, 1.82) is 0 Å². The van der Waals surface area contributed by atoms with Gasteiger partial charge in [0.25, 0.3) is 10.0 Å². The number of rotatable bonds is 7. The van der Waals surface area contributed by atoms with E-state index in [1.165, 1.54) is 5.51 Å². The summed E-state index contributed by atoms with van der Waals surface area (Å²) in [6, 6.07) is 8.90. The molecule has 1 fully saturated rings. The van der Waals surface area contributed by atoms with Crippen molar-refractivity contribution in [2.24, 2.45) is 5.92 Å². The van der Waals surface area contributed by atoms with E-state index in [9.17, 15) is 17.2 Å². The molecule has 170 valence electrons. The van der Waals surface area contributed by atoms with Crippen LogP contribution in [0, 0.1) is 17.6 Å². The van der Waals surface area contributed by atoms with E-state index in [4.69, 9.17) is 16.3 Å². The zero-order valence-corrected chi connectivity index (χ0v) is 19.0. The predicted octanol–water partition coefficient (Wildman–Crippen LogP) is 4.04. The fourth-order valence-corrected chi connectivity index (χ4v) is 5.55. The van der Waals surface area contributed by atoms with Gasteiger partial charge in [-0.2, -0.15) is 0 Å². The van der Waals surface area contributed by atoms with Crippen LogP contribution in [0.2, 0.25) is 5.02 Å². The predicted molar refractivity (Wildman–Crippen MR) is 118 cm³/mol. The topological polar surface area (TPSA) is 93.2 Å². The number of hydrogen-bond donors (Lipinski definition) is 2. The monoisotopic (exact) mass is 500 g/mol. The standard InChI is InChI=1S/C20H19ClF2N4O3S2/c21-14-3-1-12(2-4-14)15-5-6-24-9-13(15)10-30-18-7-17(23)19(8-16(18)22)32(28,29)27-20-26-25-11-31-20/h1-4,7-8,11,13,15,24H,5-6,9-10H2,(H,26,27)/t13-,15-/m0/s1. The third-order valence-electron chi connectivity index (χ3n) is 5.22. The first-order chi connectivity index (χ1) is 15.3. The molecule has 4 rings (SSSR count). The summed E-state index contributed by atoms with van der Waals surface area (Å²) in [5, 5.41) is 10.9. The van der Waals surface area contributed by atoms with Crippen LogP contribution < -0.4 is 14.8 Å². The highest BCUT2D eigenvalue weighted by atomic mass is 35.5. The van der Waals surface area contributed by atoms with Crippen LogP contribution in [0.1, 0.15) is 17.9 Å². The molecule has 2 atom stereocenters. The lowest BCUT2D eigenvalue weighted by atomic mass is 9.81. The summed E-state index contributed by atoms with van der Waals surface area (Å²) in [4.78, 5) is -0.837. The largest absolute Gasteiger partial charge is 0.490 e. The summed E-state index contributed by atoms with van der Waals surface area (Å²) in [6.45, 7) is 1.61. The zero-order valence-electron chi connectivity index (χ0n) is 16.6. The number of benzene rings is 2. The normalized spacial score (nSPS) is 19.0. The first-order valence-corrected chi connectivity index (χ1v) is 12.4. The van der Waals surface area contributed by atoms with Gasteiger partial charge in [0.2, 0.25) is 5.13 Å². The van der Waals surface area contributed by atoms with Gasteiger partial charge in [-0.25, -0.2) is 17.2 Å². The van der Waals surface area contributed by atoms with E-state index in [0.29, 0.717) is 17.6 Å². The van der Waals surface area contributed by atoms with Crippen molar-refractivity contribution in [3.05, 3.63) is 64.1 Å². The Morgan fingerprint density at radius 1 is 1.22 bits per heavy atom. The molecule has 0 radical (unpaired) electrons. The summed E-state index contributed by atoms with van der Waals surface area (Å²) < 4.78 is 61.6. The fraction of sp³-hybridized carbons (Fsp3) is 0.300. The Labute approximate surface area is 192 Å². The number of ether oxygens (including phenoxy) is 1. The highest BCUT2D eigenvalue weighted by Crippen LogP contribution is 2.33. The lowest BCUT2D eigenvalue weighted by Gasteiger charge is -2.32. The number of hydrogen-bond acceptors (Lipinski definition) is 7. The lowest BCUT2D eigenvalue weighted by molar-refractivity contribution is 0.190.